The van der Waals surface area contributed by atoms with E-state index in [-0.39, 0.29) is 5.78 Å². The average Bonchev–Trinajstić information content (AvgIpc) is 2.99. The van der Waals surface area contributed by atoms with Crippen molar-refractivity contribution < 1.29 is 9.21 Å². The number of aryl methyl sites for hydroxylation is 2. The first-order valence-corrected chi connectivity index (χ1v) is 6.36. The van der Waals surface area contributed by atoms with Crippen LogP contribution in [0.4, 0.5) is 0 Å². The molecule has 0 fully saturated rings. The van der Waals surface area contributed by atoms with Crippen LogP contribution in [0.2, 0.25) is 0 Å². The van der Waals surface area contributed by atoms with Crippen molar-refractivity contribution in [2.75, 3.05) is 0 Å². The van der Waals surface area contributed by atoms with Crippen molar-refractivity contribution in [2.24, 2.45) is 0 Å². The van der Waals surface area contributed by atoms with Crippen molar-refractivity contribution in [3.63, 3.8) is 0 Å². The largest absolute Gasteiger partial charge is 0.458 e. The molecule has 2 heterocycles. The Hall–Kier alpha value is -1.84. The zero-order chi connectivity index (χ0) is 13.0. The lowest BCUT2D eigenvalue weighted by molar-refractivity contribution is 0.0961. The monoisotopic (exact) mass is 246 g/mol. The third kappa shape index (κ3) is 2.70. The zero-order valence-corrected chi connectivity index (χ0v) is 10.8. The predicted molar refractivity (Wildman–Crippen MR) is 68.6 cm³/mol. The topological polar surface area (TPSA) is 48.0 Å². The first-order chi connectivity index (χ1) is 8.74. The number of carbonyl (C=O) groups excluding carboxylic acids is 1. The summed E-state index contributed by atoms with van der Waals surface area (Å²) in [6.45, 7) is 4.99. The highest BCUT2D eigenvalue weighted by Gasteiger charge is 2.14. The van der Waals surface area contributed by atoms with Gasteiger partial charge >= 0.3 is 0 Å². The Balaban J connectivity index is 2.08. The molecule has 0 aliphatic carbocycles. The number of ketones is 1. The average molecular weight is 246 g/mol. The summed E-state index contributed by atoms with van der Waals surface area (Å²) in [4.78, 5) is 16.3. The molecule has 0 saturated heterocycles. The molecule has 0 bridgehead atoms. The molecule has 2 aromatic rings. The van der Waals surface area contributed by atoms with Crippen LogP contribution in [0.15, 0.2) is 28.9 Å². The van der Waals surface area contributed by atoms with Crippen molar-refractivity contribution in [1.29, 1.82) is 0 Å². The molecule has 4 heteroatoms. The van der Waals surface area contributed by atoms with Crippen LogP contribution in [-0.4, -0.2) is 15.3 Å². The summed E-state index contributed by atoms with van der Waals surface area (Å²) in [5, 5.41) is 0. The molecule has 0 aliphatic heterocycles. The highest BCUT2D eigenvalue weighted by atomic mass is 16.3. The molecule has 0 aliphatic rings. The van der Waals surface area contributed by atoms with Crippen molar-refractivity contribution in [1.82, 2.24) is 9.55 Å². The Morgan fingerprint density at radius 2 is 2.22 bits per heavy atom. The fourth-order valence-corrected chi connectivity index (χ4v) is 1.90. The maximum atomic E-state index is 12.1. The molecule has 4 nitrogen and oxygen atoms in total. The van der Waals surface area contributed by atoms with E-state index in [0.29, 0.717) is 12.2 Å². The Morgan fingerprint density at radius 3 is 2.89 bits per heavy atom. The van der Waals surface area contributed by atoms with Crippen LogP contribution < -0.4 is 0 Å². The SMILES string of the molecule is CCCn1ccnc1CC(=O)c1ccc(CC)o1. The molecule has 0 N–H and O–H groups in total. The first-order valence-electron chi connectivity index (χ1n) is 6.36. The summed E-state index contributed by atoms with van der Waals surface area (Å²) in [6, 6.07) is 3.60. The van der Waals surface area contributed by atoms with Gasteiger partial charge in [-0.2, -0.15) is 0 Å². The van der Waals surface area contributed by atoms with Gasteiger partial charge < -0.3 is 8.98 Å². The van der Waals surface area contributed by atoms with Gasteiger partial charge in [-0.25, -0.2) is 4.98 Å². The summed E-state index contributed by atoms with van der Waals surface area (Å²) in [5.74, 6) is 2.06. The Morgan fingerprint density at radius 1 is 1.39 bits per heavy atom. The molecule has 96 valence electrons. The fraction of sp³-hybridized carbons (Fsp3) is 0.429. The van der Waals surface area contributed by atoms with Gasteiger partial charge in [0.15, 0.2) is 5.76 Å². The molecule has 0 radical (unpaired) electrons. The van der Waals surface area contributed by atoms with Crippen LogP contribution in [0.25, 0.3) is 0 Å². The number of hydrogen-bond acceptors (Lipinski definition) is 3. The summed E-state index contributed by atoms with van der Waals surface area (Å²) in [6.07, 6.45) is 5.77. The fourth-order valence-electron chi connectivity index (χ4n) is 1.90. The van der Waals surface area contributed by atoms with E-state index < -0.39 is 0 Å². The standard InChI is InChI=1S/C14H18N2O2/c1-3-8-16-9-7-15-14(16)10-12(17)13-6-5-11(4-2)18-13/h5-7,9H,3-4,8,10H2,1-2H3. The van der Waals surface area contributed by atoms with Crippen molar-refractivity contribution in [2.45, 2.75) is 39.7 Å². The molecular formula is C14H18N2O2. The van der Waals surface area contributed by atoms with E-state index in [1.54, 1.807) is 12.3 Å². The van der Waals surface area contributed by atoms with Crippen LogP contribution in [0.3, 0.4) is 0 Å². The maximum absolute atomic E-state index is 12.1. The number of Topliss-reactive ketones (excluding diaryl/α,β-unsaturated/α-hetero) is 1. The van der Waals surface area contributed by atoms with Crippen molar-refractivity contribution >= 4 is 5.78 Å². The van der Waals surface area contributed by atoms with Gasteiger partial charge in [0.05, 0.1) is 6.42 Å². The van der Waals surface area contributed by atoms with E-state index in [1.165, 1.54) is 0 Å². The summed E-state index contributed by atoms with van der Waals surface area (Å²) in [7, 11) is 0. The molecule has 0 spiro atoms. The molecule has 2 aromatic heterocycles. The van der Waals surface area contributed by atoms with Crippen LogP contribution in [-0.2, 0) is 19.4 Å². The first kappa shape index (κ1) is 12.6. The molecule has 18 heavy (non-hydrogen) atoms. The smallest absolute Gasteiger partial charge is 0.205 e. The normalized spacial score (nSPS) is 10.8. The van der Waals surface area contributed by atoms with Crippen LogP contribution >= 0.6 is 0 Å². The van der Waals surface area contributed by atoms with Gasteiger partial charge in [0.1, 0.15) is 11.6 Å². The lowest BCUT2D eigenvalue weighted by atomic mass is 10.2. The Bertz CT molecular complexity index is 525. The minimum absolute atomic E-state index is 0.0155. The third-order valence-corrected chi connectivity index (χ3v) is 2.87. The second-order valence-electron chi connectivity index (χ2n) is 4.26. The summed E-state index contributed by atoms with van der Waals surface area (Å²) < 4.78 is 7.47. The third-order valence-electron chi connectivity index (χ3n) is 2.87. The van der Waals surface area contributed by atoms with E-state index in [4.69, 9.17) is 4.42 Å². The second-order valence-corrected chi connectivity index (χ2v) is 4.26. The number of nitrogens with zero attached hydrogens (tertiary/aromatic N) is 2. The maximum Gasteiger partial charge on any atom is 0.205 e. The molecule has 0 aromatic carbocycles. The van der Waals surface area contributed by atoms with Crippen LogP contribution in [0.5, 0.6) is 0 Å². The minimum Gasteiger partial charge on any atom is -0.458 e. The molecule has 2 rings (SSSR count). The lowest BCUT2D eigenvalue weighted by Gasteiger charge is -2.04. The number of imidazole rings is 1. The minimum atomic E-state index is -0.0155. The van der Waals surface area contributed by atoms with Gasteiger partial charge in [-0.3, -0.25) is 4.79 Å². The highest BCUT2D eigenvalue weighted by molar-refractivity contribution is 5.94. The quantitative estimate of drug-likeness (QED) is 0.736. The van der Waals surface area contributed by atoms with Crippen LogP contribution in [0, 0.1) is 0 Å². The lowest BCUT2D eigenvalue weighted by Crippen LogP contribution is -2.09. The Labute approximate surface area is 107 Å². The van der Waals surface area contributed by atoms with Crippen molar-refractivity contribution in [3.05, 3.63) is 41.9 Å². The van der Waals surface area contributed by atoms with E-state index in [9.17, 15) is 4.79 Å². The van der Waals surface area contributed by atoms with Gasteiger partial charge in [0.25, 0.3) is 0 Å². The zero-order valence-electron chi connectivity index (χ0n) is 10.8. The molecular weight excluding hydrogens is 228 g/mol. The Kier molecular flexibility index (Phi) is 3.97. The molecule has 0 unspecified atom stereocenters. The molecule has 0 saturated carbocycles. The highest BCUT2D eigenvalue weighted by Crippen LogP contribution is 2.12. The van der Waals surface area contributed by atoms with Gasteiger partial charge in [-0.1, -0.05) is 13.8 Å². The number of hydrogen-bond donors (Lipinski definition) is 0. The van der Waals surface area contributed by atoms with Gasteiger partial charge in [0, 0.05) is 25.4 Å². The number of rotatable bonds is 6. The number of furan rings is 1. The van der Waals surface area contributed by atoms with Gasteiger partial charge in [0.2, 0.25) is 5.78 Å². The van der Waals surface area contributed by atoms with Crippen LogP contribution in [0.1, 0.15) is 42.4 Å². The molecule has 0 atom stereocenters. The molecule has 0 amide bonds. The van der Waals surface area contributed by atoms with E-state index in [2.05, 4.69) is 11.9 Å². The summed E-state index contributed by atoms with van der Waals surface area (Å²) in [5.41, 5.74) is 0. The van der Waals surface area contributed by atoms with Gasteiger partial charge in [-0.15, -0.1) is 0 Å². The number of aromatic nitrogens is 2. The second kappa shape index (κ2) is 5.67. The number of carbonyl (C=O) groups is 1. The summed E-state index contributed by atoms with van der Waals surface area (Å²) >= 11 is 0. The van der Waals surface area contributed by atoms with Gasteiger partial charge in [-0.05, 0) is 18.6 Å². The van der Waals surface area contributed by atoms with E-state index >= 15 is 0 Å². The van der Waals surface area contributed by atoms with E-state index in [0.717, 1.165) is 31.0 Å². The van der Waals surface area contributed by atoms with Crippen molar-refractivity contribution in [3.8, 4) is 0 Å². The van der Waals surface area contributed by atoms with E-state index in [1.807, 2.05) is 23.8 Å². The predicted octanol–water partition coefficient (Wildman–Crippen LogP) is 2.87.